The molecule has 1 aromatic carbocycles. The van der Waals surface area contributed by atoms with Crippen molar-refractivity contribution in [2.24, 2.45) is 4.99 Å². The lowest BCUT2D eigenvalue weighted by molar-refractivity contribution is -0.143. The summed E-state index contributed by atoms with van der Waals surface area (Å²) in [6.07, 6.45) is 0. The van der Waals surface area contributed by atoms with Crippen LogP contribution in [0.2, 0.25) is 0 Å². The van der Waals surface area contributed by atoms with Crippen molar-refractivity contribution >= 4 is 22.8 Å². The number of ether oxygens (including phenoxy) is 1. The van der Waals surface area contributed by atoms with E-state index in [-0.39, 0.29) is 12.0 Å². The van der Waals surface area contributed by atoms with Crippen molar-refractivity contribution in [3.8, 4) is 0 Å². The molecular formula is C13H15NO2S. The average molecular weight is 249 g/mol. The molecule has 90 valence electrons. The summed E-state index contributed by atoms with van der Waals surface area (Å²) < 4.78 is 4.97. The van der Waals surface area contributed by atoms with E-state index in [0.717, 1.165) is 10.6 Å². The highest BCUT2D eigenvalue weighted by molar-refractivity contribution is 8.14. The smallest absolute Gasteiger partial charge is 0.331 e. The minimum Gasteiger partial charge on any atom is -0.464 e. The summed E-state index contributed by atoms with van der Waals surface area (Å²) in [5, 5.41) is 0.937. The average Bonchev–Trinajstić information content (AvgIpc) is 2.78. The first-order valence-electron chi connectivity index (χ1n) is 5.65. The second-order valence-corrected chi connectivity index (χ2v) is 4.89. The van der Waals surface area contributed by atoms with Gasteiger partial charge in [-0.15, -0.1) is 11.8 Å². The largest absolute Gasteiger partial charge is 0.464 e. The second-order valence-electron chi connectivity index (χ2n) is 3.88. The minimum atomic E-state index is -0.338. The van der Waals surface area contributed by atoms with Gasteiger partial charge in [0.2, 0.25) is 0 Å². The maximum absolute atomic E-state index is 11.5. The fourth-order valence-corrected chi connectivity index (χ4v) is 2.69. The van der Waals surface area contributed by atoms with E-state index in [1.54, 1.807) is 11.8 Å². The van der Waals surface area contributed by atoms with Gasteiger partial charge in [0.25, 0.3) is 0 Å². The van der Waals surface area contributed by atoms with E-state index in [1.165, 1.54) is 5.56 Å². The molecule has 0 spiro atoms. The van der Waals surface area contributed by atoms with Crippen molar-refractivity contribution in [2.45, 2.75) is 19.9 Å². The van der Waals surface area contributed by atoms with E-state index in [1.807, 2.05) is 32.0 Å². The molecule has 1 aromatic rings. The quantitative estimate of drug-likeness (QED) is 0.772. The van der Waals surface area contributed by atoms with E-state index >= 15 is 0 Å². The van der Waals surface area contributed by atoms with E-state index in [2.05, 4.69) is 11.1 Å². The number of aryl methyl sites for hydroxylation is 1. The lowest BCUT2D eigenvalue weighted by Crippen LogP contribution is -2.21. The Morgan fingerprint density at radius 3 is 3.12 bits per heavy atom. The summed E-state index contributed by atoms with van der Waals surface area (Å²) in [6.45, 7) is 4.27. The van der Waals surface area contributed by atoms with Gasteiger partial charge >= 0.3 is 5.97 Å². The molecular weight excluding hydrogens is 234 g/mol. The standard InChI is InChI=1S/C13H15NO2S/c1-3-16-13(15)11-8-17-12(14-11)10-6-4-5-9(2)7-10/h4-7,11H,3,8H2,1-2H3/t11-/m1/s1. The van der Waals surface area contributed by atoms with Gasteiger partial charge in [-0.25, -0.2) is 4.79 Å². The van der Waals surface area contributed by atoms with Crippen LogP contribution in [0.1, 0.15) is 18.1 Å². The molecule has 3 nitrogen and oxygen atoms in total. The Morgan fingerprint density at radius 2 is 2.41 bits per heavy atom. The van der Waals surface area contributed by atoms with Crippen LogP contribution in [0.3, 0.4) is 0 Å². The number of hydrogen-bond acceptors (Lipinski definition) is 4. The van der Waals surface area contributed by atoms with Gasteiger partial charge in [0.1, 0.15) is 0 Å². The highest BCUT2D eigenvalue weighted by Crippen LogP contribution is 2.24. The Bertz CT molecular complexity index is 456. The highest BCUT2D eigenvalue weighted by Gasteiger charge is 2.26. The van der Waals surface area contributed by atoms with E-state index < -0.39 is 0 Å². The molecule has 0 fully saturated rings. The Balaban J connectivity index is 2.14. The SMILES string of the molecule is CCOC(=O)[C@H]1CSC(c2cccc(C)c2)=N1. The second kappa shape index (κ2) is 5.36. The monoisotopic (exact) mass is 249 g/mol. The summed E-state index contributed by atoms with van der Waals surface area (Å²) in [4.78, 5) is 16.0. The van der Waals surface area contributed by atoms with Crippen molar-refractivity contribution in [1.82, 2.24) is 0 Å². The van der Waals surface area contributed by atoms with Gasteiger partial charge < -0.3 is 4.74 Å². The summed E-state index contributed by atoms with van der Waals surface area (Å²) in [7, 11) is 0. The fourth-order valence-electron chi connectivity index (χ4n) is 1.67. The van der Waals surface area contributed by atoms with Crippen LogP contribution < -0.4 is 0 Å². The molecule has 4 heteroatoms. The van der Waals surface area contributed by atoms with Crippen LogP contribution in [0.15, 0.2) is 29.3 Å². The summed E-state index contributed by atoms with van der Waals surface area (Å²) in [6, 6.07) is 7.82. The highest BCUT2D eigenvalue weighted by atomic mass is 32.2. The Kier molecular flexibility index (Phi) is 3.84. The zero-order valence-electron chi connectivity index (χ0n) is 9.97. The van der Waals surface area contributed by atoms with Crippen LogP contribution in [-0.2, 0) is 9.53 Å². The van der Waals surface area contributed by atoms with Crippen LogP contribution in [0, 0.1) is 6.92 Å². The minimum absolute atomic E-state index is 0.220. The van der Waals surface area contributed by atoms with Crippen LogP contribution in [0.5, 0.6) is 0 Å². The molecule has 0 amide bonds. The molecule has 0 bridgehead atoms. The number of carbonyl (C=O) groups excluding carboxylic acids is 1. The number of aliphatic imine (C=N–C) groups is 1. The van der Waals surface area contributed by atoms with Crippen LogP contribution in [-0.4, -0.2) is 29.4 Å². The molecule has 0 aliphatic carbocycles. The number of hydrogen-bond donors (Lipinski definition) is 0. The van der Waals surface area contributed by atoms with Gasteiger partial charge in [-0.1, -0.05) is 23.8 Å². The predicted octanol–water partition coefficient (Wildman–Crippen LogP) is 2.42. The predicted molar refractivity (Wildman–Crippen MR) is 70.6 cm³/mol. The van der Waals surface area contributed by atoms with Crippen LogP contribution in [0.25, 0.3) is 0 Å². The molecule has 1 heterocycles. The molecule has 0 saturated heterocycles. The van der Waals surface area contributed by atoms with Crippen molar-refractivity contribution in [3.63, 3.8) is 0 Å². The summed E-state index contributed by atoms with van der Waals surface area (Å²) in [5.74, 6) is 0.463. The number of carbonyl (C=O) groups is 1. The lowest BCUT2D eigenvalue weighted by atomic mass is 10.1. The lowest BCUT2D eigenvalue weighted by Gasteiger charge is -2.03. The van der Waals surface area contributed by atoms with Crippen molar-refractivity contribution in [1.29, 1.82) is 0 Å². The fraction of sp³-hybridized carbons (Fsp3) is 0.385. The third kappa shape index (κ3) is 2.88. The zero-order chi connectivity index (χ0) is 12.3. The first kappa shape index (κ1) is 12.2. The Labute approximate surface area is 105 Å². The number of esters is 1. The van der Waals surface area contributed by atoms with Gasteiger partial charge in [-0.05, 0) is 19.9 Å². The van der Waals surface area contributed by atoms with Crippen LogP contribution >= 0.6 is 11.8 Å². The molecule has 0 radical (unpaired) electrons. The van der Waals surface area contributed by atoms with E-state index in [0.29, 0.717) is 12.4 Å². The molecule has 1 aliphatic heterocycles. The third-order valence-electron chi connectivity index (χ3n) is 2.47. The van der Waals surface area contributed by atoms with Crippen molar-refractivity contribution in [2.75, 3.05) is 12.4 Å². The Morgan fingerprint density at radius 1 is 1.59 bits per heavy atom. The van der Waals surface area contributed by atoms with Crippen molar-refractivity contribution in [3.05, 3.63) is 35.4 Å². The first-order chi connectivity index (χ1) is 8.20. The maximum Gasteiger partial charge on any atom is 0.331 e. The molecule has 2 rings (SSSR count). The molecule has 17 heavy (non-hydrogen) atoms. The van der Waals surface area contributed by atoms with Gasteiger partial charge in [0.15, 0.2) is 6.04 Å². The normalized spacial score (nSPS) is 18.9. The van der Waals surface area contributed by atoms with Crippen molar-refractivity contribution < 1.29 is 9.53 Å². The zero-order valence-corrected chi connectivity index (χ0v) is 10.8. The van der Waals surface area contributed by atoms with Crippen LogP contribution in [0.4, 0.5) is 0 Å². The first-order valence-corrected chi connectivity index (χ1v) is 6.63. The van der Waals surface area contributed by atoms with E-state index in [4.69, 9.17) is 4.74 Å². The third-order valence-corrected chi connectivity index (χ3v) is 3.57. The Hall–Kier alpha value is -1.29. The molecule has 1 aliphatic rings. The molecule has 0 N–H and O–H groups in total. The molecule has 0 saturated carbocycles. The number of thioether (sulfide) groups is 1. The molecule has 0 aromatic heterocycles. The maximum atomic E-state index is 11.5. The summed E-state index contributed by atoms with van der Waals surface area (Å²) in [5.41, 5.74) is 2.28. The topological polar surface area (TPSA) is 38.7 Å². The summed E-state index contributed by atoms with van der Waals surface area (Å²) >= 11 is 1.62. The molecule has 0 unspecified atom stereocenters. The van der Waals surface area contributed by atoms with Gasteiger partial charge in [0.05, 0.1) is 11.7 Å². The number of benzene rings is 1. The number of rotatable bonds is 3. The van der Waals surface area contributed by atoms with Gasteiger partial charge in [0, 0.05) is 11.3 Å². The van der Waals surface area contributed by atoms with Gasteiger partial charge in [-0.3, -0.25) is 4.99 Å². The number of nitrogens with zero attached hydrogens (tertiary/aromatic N) is 1. The van der Waals surface area contributed by atoms with E-state index in [9.17, 15) is 4.79 Å². The van der Waals surface area contributed by atoms with Gasteiger partial charge in [-0.2, -0.15) is 0 Å². The molecule has 1 atom stereocenters.